The van der Waals surface area contributed by atoms with Crippen LogP contribution in [0.15, 0.2) is 10.6 Å². The minimum atomic E-state index is -0.487. The molecule has 0 aromatic carbocycles. The molecule has 3 rings (SSSR count). The molecule has 0 radical (unpaired) electrons. The van der Waals surface area contributed by atoms with Crippen LogP contribution in [0.2, 0.25) is 0 Å². The topological polar surface area (TPSA) is 85.1 Å². The summed E-state index contributed by atoms with van der Waals surface area (Å²) in [5.74, 6) is 1.43. The number of hydrogen-bond donors (Lipinski definition) is 0. The summed E-state index contributed by atoms with van der Waals surface area (Å²) in [4.78, 5) is 28.5. The maximum Gasteiger partial charge on any atom is 0.410 e. The highest BCUT2D eigenvalue weighted by Gasteiger charge is 2.40. The molecule has 0 saturated carbocycles. The van der Waals surface area contributed by atoms with Crippen LogP contribution in [-0.4, -0.2) is 61.0 Å². The summed E-state index contributed by atoms with van der Waals surface area (Å²) in [5.41, 5.74) is -0.487. The van der Waals surface area contributed by atoms with Gasteiger partial charge in [0, 0.05) is 32.2 Å². The van der Waals surface area contributed by atoms with Crippen LogP contribution in [0.1, 0.15) is 52.7 Å². The Morgan fingerprint density at radius 2 is 1.90 bits per heavy atom. The molecule has 162 valence electrons. The highest BCUT2D eigenvalue weighted by Crippen LogP contribution is 2.36. The van der Waals surface area contributed by atoms with E-state index in [1.165, 1.54) is 7.11 Å². The summed E-state index contributed by atoms with van der Waals surface area (Å²) in [5, 5.41) is 4.22. The number of carbonyl (C=O) groups is 2. The molecule has 3 atom stereocenters. The van der Waals surface area contributed by atoms with Crippen LogP contribution in [0.4, 0.5) is 10.6 Å². The number of piperidine rings is 1. The van der Waals surface area contributed by atoms with Gasteiger partial charge in [0.25, 0.3) is 0 Å². The first-order valence-corrected chi connectivity index (χ1v) is 10.4. The van der Waals surface area contributed by atoms with Gasteiger partial charge in [-0.25, -0.2) is 4.79 Å². The Morgan fingerprint density at radius 1 is 1.21 bits per heavy atom. The average Bonchev–Trinajstić information content (AvgIpc) is 3.25. The van der Waals surface area contributed by atoms with Crippen LogP contribution < -0.4 is 4.90 Å². The van der Waals surface area contributed by atoms with Crippen molar-refractivity contribution in [1.29, 1.82) is 0 Å². The Balaban J connectivity index is 1.65. The van der Waals surface area contributed by atoms with Crippen molar-refractivity contribution < 1.29 is 23.6 Å². The summed E-state index contributed by atoms with van der Waals surface area (Å²) in [7, 11) is 1.39. The van der Waals surface area contributed by atoms with Crippen LogP contribution in [0.5, 0.6) is 0 Å². The zero-order valence-electron chi connectivity index (χ0n) is 18.3. The molecule has 0 aliphatic carbocycles. The number of esters is 1. The molecule has 1 aromatic heterocycles. The minimum absolute atomic E-state index is 0.0480. The lowest BCUT2D eigenvalue weighted by atomic mass is 9.89. The van der Waals surface area contributed by atoms with E-state index in [0.717, 1.165) is 25.3 Å². The van der Waals surface area contributed by atoms with Crippen molar-refractivity contribution in [3.8, 4) is 0 Å². The summed E-state index contributed by atoms with van der Waals surface area (Å²) >= 11 is 0. The quantitative estimate of drug-likeness (QED) is 0.708. The van der Waals surface area contributed by atoms with Gasteiger partial charge in [0.1, 0.15) is 11.5 Å². The Labute approximate surface area is 172 Å². The van der Waals surface area contributed by atoms with E-state index < -0.39 is 11.5 Å². The van der Waals surface area contributed by atoms with E-state index in [1.807, 2.05) is 45.6 Å². The summed E-state index contributed by atoms with van der Waals surface area (Å²) in [6.45, 7) is 12.7. The molecule has 2 aliphatic rings. The zero-order chi connectivity index (χ0) is 21.3. The Morgan fingerprint density at radius 3 is 2.52 bits per heavy atom. The number of likely N-dealkylation sites (tertiary alicyclic amines) is 1. The molecule has 1 unspecified atom stereocenters. The highest BCUT2D eigenvalue weighted by molar-refractivity contribution is 5.77. The van der Waals surface area contributed by atoms with E-state index >= 15 is 0 Å². The van der Waals surface area contributed by atoms with Gasteiger partial charge < -0.3 is 23.8 Å². The van der Waals surface area contributed by atoms with Crippen LogP contribution in [-0.2, 0) is 14.3 Å². The number of aromatic nitrogens is 1. The standard InChI is InChI=1S/C21H33N3O5/c1-13(2)18(19(25)27-6)16-9-17(22-29-16)24-10-14-7-8-23(11-15(14)12-24)20(26)28-21(3,4)5/h9,13-15,18H,7-8,10-12H2,1-6H3/t14-,15+,18?/m0/s1. The SMILES string of the molecule is COC(=O)C(c1cc(N2C[C@H]3CN(C(=O)OC(C)(C)C)CC[C@H]3C2)no1)C(C)C. The predicted octanol–water partition coefficient (Wildman–Crippen LogP) is 3.28. The fourth-order valence-corrected chi connectivity index (χ4v) is 4.27. The molecule has 3 heterocycles. The van der Waals surface area contributed by atoms with E-state index in [-0.39, 0.29) is 18.0 Å². The number of carbonyl (C=O) groups excluding carboxylic acids is 2. The molecule has 1 aromatic rings. The Hall–Kier alpha value is -2.25. The van der Waals surface area contributed by atoms with E-state index in [2.05, 4.69) is 10.1 Å². The van der Waals surface area contributed by atoms with Crippen LogP contribution in [0, 0.1) is 17.8 Å². The molecule has 8 heteroatoms. The van der Waals surface area contributed by atoms with Gasteiger partial charge >= 0.3 is 12.1 Å². The fourth-order valence-electron chi connectivity index (χ4n) is 4.27. The number of methoxy groups -OCH3 is 1. The van der Waals surface area contributed by atoms with E-state index in [4.69, 9.17) is 14.0 Å². The van der Waals surface area contributed by atoms with E-state index in [0.29, 0.717) is 30.7 Å². The van der Waals surface area contributed by atoms with Gasteiger partial charge in [0.15, 0.2) is 11.6 Å². The highest BCUT2D eigenvalue weighted by atomic mass is 16.6. The van der Waals surface area contributed by atoms with Gasteiger partial charge in [0.2, 0.25) is 0 Å². The average molecular weight is 408 g/mol. The van der Waals surface area contributed by atoms with E-state index in [1.54, 1.807) is 0 Å². The molecule has 2 fully saturated rings. The maximum absolute atomic E-state index is 12.4. The molecule has 0 spiro atoms. The lowest BCUT2D eigenvalue weighted by Crippen LogP contribution is -2.45. The van der Waals surface area contributed by atoms with Crippen LogP contribution in [0.3, 0.4) is 0 Å². The first-order chi connectivity index (χ1) is 13.6. The van der Waals surface area contributed by atoms with Gasteiger partial charge in [-0.05, 0) is 44.9 Å². The second kappa shape index (κ2) is 8.24. The molecule has 2 aliphatic heterocycles. The molecular formula is C21H33N3O5. The monoisotopic (exact) mass is 407 g/mol. The van der Waals surface area contributed by atoms with Gasteiger partial charge in [-0.15, -0.1) is 0 Å². The maximum atomic E-state index is 12.4. The van der Waals surface area contributed by atoms with Gasteiger partial charge in [0.05, 0.1) is 7.11 Å². The number of hydrogen-bond acceptors (Lipinski definition) is 7. The normalized spacial score (nSPS) is 23.1. The smallest absolute Gasteiger partial charge is 0.410 e. The van der Waals surface area contributed by atoms with Crippen molar-refractivity contribution in [2.75, 3.05) is 38.2 Å². The lowest BCUT2D eigenvalue weighted by molar-refractivity contribution is -0.144. The zero-order valence-corrected chi connectivity index (χ0v) is 18.3. The second-order valence-corrected chi connectivity index (χ2v) is 9.47. The molecule has 1 amide bonds. The number of nitrogens with zero attached hydrogens (tertiary/aromatic N) is 3. The van der Waals surface area contributed by atoms with Crippen LogP contribution in [0.25, 0.3) is 0 Å². The third-order valence-electron chi connectivity index (χ3n) is 5.72. The predicted molar refractivity (Wildman–Crippen MR) is 108 cm³/mol. The number of amides is 1. The Kier molecular flexibility index (Phi) is 6.10. The van der Waals surface area contributed by atoms with Gasteiger partial charge in [-0.3, -0.25) is 4.79 Å². The van der Waals surface area contributed by atoms with E-state index in [9.17, 15) is 9.59 Å². The number of fused-ring (bicyclic) bond motifs is 1. The molecule has 8 nitrogen and oxygen atoms in total. The van der Waals surface area contributed by atoms with Crippen molar-refractivity contribution in [2.24, 2.45) is 17.8 Å². The lowest BCUT2D eigenvalue weighted by Gasteiger charge is -2.35. The first kappa shape index (κ1) is 21.5. The van der Waals surface area contributed by atoms with Gasteiger partial charge in [-0.2, -0.15) is 0 Å². The van der Waals surface area contributed by atoms with Crippen molar-refractivity contribution >= 4 is 17.9 Å². The third-order valence-corrected chi connectivity index (χ3v) is 5.72. The number of rotatable bonds is 4. The molecule has 0 bridgehead atoms. The first-order valence-electron chi connectivity index (χ1n) is 10.4. The van der Waals surface area contributed by atoms with Crippen molar-refractivity contribution in [1.82, 2.24) is 10.1 Å². The number of ether oxygens (including phenoxy) is 2. The minimum Gasteiger partial charge on any atom is -0.468 e. The Bertz CT molecular complexity index is 739. The summed E-state index contributed by atoms with van der Waals surface area (Å²) < 4.78 is 16.0. The molecular weight excluding hydrogens is 374 g/mol. The third kappa shape index (κ3) is 4.85. The van der Waals surface area contributed by atoms with Crippen molar-refractivity contribution in [2.45, 2.75) is 52.6 Å². The van der Waals surface area contributed by atoms with Gasteiger partial charge in [-0.1, -0.05) is 19.0 Å². The molecule has 0 N–H and O–H groups in total. The van der Waals surface area contributed by atoms with Crippen molar-refractivity contribution in [3.63, 3.8) is 0 Å². The fraction of sp³-hybridized carbons (Fsp3) is 0.762. The summed E-state index contributed by atoms with van der Waals surface area (Å²) in [6, 6.07) is 1.85. The molecule has 29 heavy (non-hydrogen) atoms. The second-order valence-electron chi connectivity index (χ2n) is 9.47. The van der Waals surface area contributed by atoms with Crippen molar-refractivity contribution in [3.05, 3.63) is 11.8 Å². The number of anilines is 1. The summed E-state index contributed by atoms with van der Waals surface area (Å²) in [6.07, 6.45) is 0.706. The largest absolute Gasteiger partial charge is 0.468 e. The molecule has 2 saturated heterocycles. The van der Waals surface area contributed by atoms with Crippen LogP contribution >= 0.6 is 0 Å².